The van der Waals surface area contributed by atoms with Crippen LogP contribution in [-0.2, 0) is 9.59 Å². The molecule has 2 aliphatic rings. The van der Waals surface area contributed by atoms with E-state index in [1.165, 1.54) is 4.90 Å². The summed E-state index contributed by atoms with van der Waals surface area (Å²) in [4.78, 5) is 33.6. The quantitative estimate of drug-likeness (QED) is 0.627. The molecule has 2 aromatic carbocycles. The van der Waals surface area contributed by atoms with E-state index in [9.17, 15) is 9.59 Å². The number of para-hydroxylation sites is 2. The molecular formula is C27H33N3O3. The minimum Gasteiger partial charge on any atom is -0.489 e. The summed E-state index contributed by atoms with van der Waals surface area (Å²) in [5.41, 5.74) is 4.41. The van der Waals surface area contributed by atoms with E-state index >= 15 is 0 Å². The second-order valence-electron chi connectivity index (χ2n) is 9.04. The zero-order chi connectivity index (χ0) is 23.7. The molecule has 0 aliphatic carbocycles. The number of benzene rings is 2. The molecule has 0 radical (unpaired) electrons. The lowest BCUT2D eigenvalue weighted by atomic mass is 9.97. The van der Waals surface area contributed by atoms with Crippen molar-refractivity contribution in [3.63, 3.8) is 0 Å². The Morgan fingerprint density at radius 1 is 0.939 bits per heavy atom. The van der Waals surface area contributed by atoms with Crippen LogP contribution in [0.5, 0.6) is 5.75 Å². The van der Waals surface area contributed by atoms with Crippen molar-refractivity contribution < 1.29 is 14.3 Å². The second kappa shape index (κ2) is 9.40. The van der Waals surface area contributed by atoms with E-state index in [2.05, 4.69) is 22.8 Å². The summed E-state index contributed by atoms with van der Waals surface area (Å²) in [6.07, 6.45) is -0.0766. The van der Waals surface area contributed by atoms with E-state index < -0.39 is 0 Å². The number of aryl methyl sites for hydroxylation is 2. The lowest BCUT2D eigenvalue weighted by Gasteiger charge is -2.36. The standard InChI is InChI=1S/C27H33N3O3/c1-6-28-13-15-29(16-14-28)25-24(21-12-11-19(4)17-20(21)5)26(31)30(27(25)32)22-9-7-8-10-23(22)33-18(2)3/h7-12,17-18H,6,13-16H2,1-5H3. The lowest BCUT2D eigenvalue weighted by molar-refractivity contribution is -0.120. The van der Waals surface area contributed by atoms with Crippen molar-refractivity contribution in [1.29, 1.82) is 0 Å². The molecule has 2 aliphatic heterocycles. The van der Waals surface area contributed by atoms with Crippen LogP contribution in [0.3, 0.4) is 0 Å². The number of carbonyl (C=O) groups is 2. The maximum absolute atomic E-state index is 13.9. The Labute approximate surface area is 196 Å². The minimum absolute atomic E-state index is 0.0766. The number of ether oxygens (including phenoxy) is 1. The molecule has 174 valence electrons. The number of piperazine rings is 1. The number of nitrogens with zero attached hydrogens (tertiary/aromatic N) is 3. The molecule has 1 saturated heterocycles. The molecule has 0 saturated carbocycles. The van der Waals surface area contributed by atoms with Crippen molar-refractivity contribution in [3.8, 4) is 5.75 Å². The van der Waals surface area contributed by atoms with Crippen molar-refractivity contribution in [2.45, 2.75) is 40.7 Å². The fraction of sp³-hybridized carbons (Fsp3) is 0.407. The summed E-state index contributed by atoms with van der Waals surface area (Å²) in [5, 5.41) is 0. The van der Waals surface area contributed by atoms with Crippen LogP contribution in [0, 0.1) is 13.8 Å². The maximum Gasteiger partial charge on any atom is 0.282 e. The summed E-state index contributed by atoms with van der Waals surface area (Å²) in [5.74, 6) is -0.0364. The molecule has 0 spiro atoms. The van der Waals surface area contributed by atoms with Crippen LogP contribution in [0.15, 0.2) is 48.2 Å². The van der Waals surface area contributed by atoms with Crippen molar-refractivity contribution in [2.75, 3.05) is 37.6 Å². The Balaban J connectivity index is 1.82. The lowest BCUT2D eigenvalue weighted by Crippen LogP contribution is -2.47. The first-order valence-corrected chi connectivity index (χ1v) is 11.8. The monoisotopic (exact) mass is 447 g/mol. The molecule has 6 nitrogen and oxygen atoms in total. The first kappa shape index (κ1) is 23.1. The van der Waals surface area contributed by atoms with Gasteiger partial charge < -0.3 is 14.5 Å². The van der Waals surface area contributed by atoms with Gasteiger partial charge in [0.2, 0.25) is 0 Å². The molecule has 2 heterocycles. The van der Waals surface area contributed by atoms with Gasteiger partial charge in [-0.2, -0.15) is 0 Å². The Bertz CT molecular complexity index is 1100. The van der Waals surface area contributed by atoms with Crippen LogP contribution >= 0.6 is 0 Å². The van der Waals surface area contributed by atoms with Gasteiger partial charge in [0.15, 0.2) is 0 Å². The normalized spacial score (nSPS) is 17.5. The van der Waals surface area contributed by atoms with Crippen molar-refractivity contribution in [2.24, 2.45) is 0 Å². The van der Waals surface area contributed by atoms with E-state index in [1.807, 2.05) is 58.0 Å². The molecule has 0 bridgehead atoms. The van der Waals surface area contributed by atoms with Gasteiger partial charge in [-0.25, -0.2) is 4.90 Å². The largest absolute Gasteiger partial charge is 0.489 e. The van der Waals surface area contributed by atoms with Crippen LogP contribution < -0.4 is 9.64 Å². The van der Waals surface area contributed by atoms with E-state index in [4.69, 9.17) is 4.74 Å². The summed E-state index contributed by atoms with van der Waals surface area (Å²) in [6, 6.07) is 13.3. The molecule has 0 unspecified atom stereocenters. The topological polar surface area (TPSA) is 53.1 Å². The average Bonchev–Trinajstić information content (AvgIpc) is 3.04. The van der Waals surface area contributed by atoms with Gasteiger partial charge in [-0.15, -0.1) is 0 Å². The summed E-state index contributed by atoms with van der Waals surface area (Å²) in [7, 11) is 0. The van der Waals surface area contributed by atoms with E-state index in [1.54, 1.807) is 6.07 Å². The Kier molecular flexibility index (Phi) is 6.56. The predicted molar refractivity (Wildman–Crippen MR) is 131 cm³/mol. The van der Waals surface area contributed by atoms with Gasteiger partial charge in [0.25, 0.3) is 11.8 Å². The number of rotatable bonds is 6. The molecule has 33 heavy (non-hydrogen) atoms. The van der Waals surface area contributed by atoms with Gasteiger partial charge in [-0.3, -0.25) is 9.59 Å². The number of amides is 2. The van der Waals surface area contributed by atoms with Gasteiger partial charge >= 0.3 is 0 Å². The Morgan fingerprint density at radius 2 is 1.64 bits per heavy atom. The minimum atomic E-state index is -0.292. The van der Waals surface area contributed by atoms with E-state index in [-0.39, 0.29) is 17.9 Å². The Hall–Kier alpha value is -3.12. The summed E-state index contributed by atoms with van der Waals surface area (Å²) in [6.45, 7) is 14.2. The molecular weight excluding hydrogens is 414 g/mol. The van der Waals surface area contributed by atoms with Crippen LogP contribution in [0.4, 0.5) is 5.69 Å². The van der Waals surface area contributed by atoms with Gasteiger partial charge in [-0.05, 0) is 57.5 Å². The number of likely N-dealkylation sites (N-methyl/N-ethyl adjacent to an activating group) is 1. The predicted octanol–water partition coefficient (Wildman–Crippen LogP) is 4.01. The highest BCUT2D eigenvalue weighted by Gasteiger charge is 2.44. The third-order valence-electron chi connectivity index (χ3n) is 6.32. The molecule has 1 fully saturated rings. The molecule has 4 rings (SSSR count). The van der Waals surface area contributed by atoms with E-state index in [0.29, 0.717) is 35.8 Å². The number of imide groups is 1. The first-order valence-electron chi connectivity index (χ1n) is 11.8. The molecule has 0 N–H and O–H groups in total. The first-order chi connectivity index (χ1) is 15.8. The Morgan fingerprint density at radius 3 is 2.27 bits per heavy atom. The molecule has 0 aromatic heterocycles. The molecule has 2 aromatic rings. The van der Waals surface area contributed by atoms with Crippen LogP contribution in [0.2, 0.25) is 0 Å². The van der Waals surface area contributed by atoms with Gasteiger partial charge in [0.05, 0.1) is 17.4 Å². The zero-order valence-corrected chi connectivity index (χ0v) is 20.2. The number of hydrogen-bond donors (Lipinski definition) is 0. The summed E-state index contributed by atoms with van der Waals surface area (Å²) < 4.78 is 5.96. The van der Waals surface area contributed by atoms with Gasteiger partial charge in [0, 0.05) is 26.2 Å². The van der Waals surface area contributed by atoms with Crippen LogP contribution in [0.1, 0.15) is 37.5 Å². The second-order valence-corrected chi connectivity index (χ2v) is 9.04. The SMILES string of the molecule is CCN1CCN(C2=C(c3ccc(C)cc3C)C(=O)N(c3ccccc3OC(C)C)C2=O)CC1. The fourth-order valence-corrected chi connectivity index (χ4v) is 4.65. The van der Waals surface area contributed by atoms with Crippen molar-refractivity contribution in [1.82, 2.24) is 9.80 Å². The third kappa shape index (κ3) is 4.40. The highest BCUT2D eigenvalue weighted by atomic mass is 16.5. The zero-order valence-electron chi connectivity index (χ0n) is 20.2. The van der Waals surface area contributed by atoms with Crippen LogP contribution in [0.25, 0.3) is 5.57 Å². The number of carbonyl (C=O) groups excluding carboxylic acids is 2. The molecule has 0 atom stereocenters. The van der Waals surface area contributed by atoms with E-state index in [0.717, 1.165) is 36.3 Å². The van der Waals surface area contributed by atoms with Gasteiger partial charge in [-0.1, -0.05) is 42.8 Å². The fourth-order valence-electron chi connectivity index (χ4n) is 4.65. The number of anilines is 1. The maximum atomic E-state index is 13.9. The van der Waals surface area contributed by atoms with Crippen LogP contribution in [-0.4, -0.2) is 60.4 Å². The van der Waals surface area contributed by atoms with Crippen molar-refractivity contribution in [3.05, 3.63) is 64.9 Å². The third-order valence-corrected chi connectivity index (χ3v) is 6.32. The number of hydrogen-bond acceptors (Lipinski definition) is 5. The highest BCUT2D eigenvalue weighted by Crippen LogP contribution is 2.40. The smallest absolute Gasteiger partial charge is 0.282 e. The molecule has 2 amide bonds. The summed E-state index contributed by atoms with van der Waals surface area (Å²) >= 11 is 0. The highest BCUT2D eigenvalue weighted by molar-refractivity contribution is 6.45. The van der Waals surface area contributed by atoms with Crippen molar-refractivity contribution >= 4 is 23.1 Å². The van der Waals surface area contributed by atoms with Gasteiger partial charge in [0.1, 0.15) is 11.4 Å². The average molecular weight is 448 g/mol. The molecule has 6 heteroatoms.